The van der Waals surface area contributed by atoms with Gasteiger partial charge in [0, 0.05) is 30.7 Å². The van der Waals surface area contributed by atoms with Gasteiger partial charge in [-0.3, -0.25) is 4.79 Å². The molecule has 1 aromatic heterocycles. The van der Waals surface area contributed by atoms with E-state index in [9.17, 15) is 4.79 Å². The van der Waals surface area contributed by atoms with Crippen LogP contribution >= 0.6 is 0 Å². The van der Waals surface area contributed by atoms with Gasteiger partial charge in [0.2, 0.25) is 0 Å². The fourth-order valence-corrected chi connectivity index (χ4v) is 3.74. The van der Waals surface area contributed by atoms with Gasteiger partial charge in [0.1, 0.15) is 12.7 Å². The van der Waals surface area contributed by atoms with Gasteiger partial charge in [-0.25, -0.2) is 9.67 Å². The number of carbonyl (C=O) groups is 1. The Morgan fingerprint density at radius 2 is 1.80 bits per heavy atom. The number of likely N-dealkylation sites (tertiary alicyclic amines) is 1. The maximum atomic E-state index is 13.2. The molecule has 132 valence electrons. The summed E-state index contributed by atoms with van der Waals surface area (Å²) < 4.78 is 1.70. The fourth-order valence-electron chi connectivity index (χ4n) is 3.74. The van der Waals surface area contributed by atoms with Crippen LogP contribution in [0.1, 0.15) is 43.0 Å². The molecule has 0 atom stereocenters. The largest absolute Gasteiger partial charge is 0.333 e. The van der Waals surface area contributed by atoms with Gasteiger partial charge in [-0.1, -0.05) is 6.92 Å². The topological polar surface area (TPSA) is 54.3 Å². The van der Waals surface area contributed by atoms with Crippen LogP contribution in [0.2, 0.25) is 0 Å². The predicted octanol–water partition coefficient (Wildman–Crippen LogP) is 2.36. The van der Waals surface area contributed by atoms with Gasteiger partial charge in [-0.2, -0.15) is 5.10 Å². The molecule has 1 saturated heterocycles. The Kier molecular flexibility index (Phi) is 4.53. The normalized spacial score (nSPS) is 19.1. The van der Waals surface area contributed by atoms with E-state index in [4.69, 9.17) is 0 Å². The van der Waals surface area contributed by atoms with E-state index in [-0.39, 0.29) is 5.91 Å². The Bertz CT molecular complexity index is 700. The van der Waals surface area contributed by atoms with E-state index in [1.165, 1.54) is 6.33 Å². The minimum Gasteiger partial charge on any atom is -0.333 e. The van der Waals surface area contributed by atoms with Crippen molar-refractivity contribution in [3.63, 3.8) is 0 Å². The van der Waals surface area contributed by atoms with E-state index in [0.717, 1.165) is 56.6 Å². The second-order valence-corrected chi connectivity index (χ2v) is 7.00. The Morgan fingerprint density at radius 1 is 1.12 bits per heavy atom. The van der Waals surface area contributed by atoms with Crippen LogP contribution in [0.15, 0.2) is 36.9 Å². The van der Waals surface area contributed by atoms with Gasteiger partial charge >= 0.3 is 0 Å². The lowest BCUT2D eigenvalue weighted by Gasteiger charge is -2.38. The van der Waals surface area contributed by atoms with E-state index >= 15 is 0 Å². The number of nitrogens with zero attached hydrogens (tertiary/aromatic N) is 5. The van der Waals surface area contributed by atoms with Gasteiger partial charge in [-0.05, 0) is 56.5 Å². The van der Waals surface area contributed by atoms with Crippen molar-refractivity contribution in [2.45, 2.75) is 44.7 Å². The van der Waals surface area contributed by atoms with Crippen molar-refractivity contribution in [2.24, 2.45) is 0 Å². The second-order valence-electron chi connectivity index (χ2n) is 7.00. The number of benzene rings is 1. The van der Waals surface area contributed by atoms with E-state index in [1.54, 1.807) is 11.0 Å². The van der Waals surface area contributed by atoms with E-state index in [0.29, 0.717) is 12.1 Å². The summed E-state index contributed by atoms with van der Waals surface area (Å²) in [6.45, 7) is 5.51. The number of piperidine rings is 1. The van der Waals surface area contributed by atoms with Crippen LogP contribution in [0.25, 0.3) is 5.69 Å². The average molecular weight is 339 g/mol. The monoisotopic (exact) mass is 339 g/mol. The lowest BCUT2D eigenvalue weighted by atomic mass is 10.0. The highest BCUT2D eigenvalue weighted by Crippen LogP contribution is 2.33. The van der Waals surface area contributed by atoms with E-state index < -0.39 is 0 Å². The molecule has 0 N–H and O–H groups in total. The summed E-state index contributed by atoms with van der Waals surface area (Å²) in [5, 5.41) is 4.13. The van der Waals surface area contributed by atoms with Gasteiger partial charge in [0.15, 0.2) is 0 Å². The third kappa shape index (κ3) is 3.44. The van der Waals surface area contributed by atoms with Crippen molar-refractivity contribution >= 4 is 5.91 Å². The summed E-state index contributed by atoms with van der Waals surface area (Å²) in [5.74, 6) is 0.183. The zero-order chi connectivity index (χ0) is 17.2. The smallest absolute Gasteiger partial charge is 0.254 e. The lowest BCUT2D eigenvalue weighted by Crippen LogP contribution is -2.48. The van der Waals surface area contributed by atoms with Crippen LogP contribution in [-0.4, -0.2) is 62.2 Å². The molecule has 1 aromatic carbocycles. The molecule has 25 heavy (non-hydrogen) atoms. The van der Waals surface area contributed by atoms with Crippen LogP contribution in [0, 0.1) is 0 Å². The molecular weight excluding hydrogens is 314 g/mol. The fraction of sp³-hybridized carbons (Fsp3) is 0.526. The summed E-state index contributed by atoms with van der Waals surface area (Å²) in [6, 6.07) is 8.53. The van der Waals surface area contributed by atoms with Crippen molar-refractivity contribution in [1.82, 2.24) is 24.6 Å². The maximum absolute atomic E-state index is 13.2. The SMILES string of the molecule is CCN1CCC(N(C(=O)c2ccc(-n3cncn3)cc2)C2CC2)CC1. The second kappa shape index (κ2) is 6.96. The number of hydrogen-bond donors (Lipinski definition) is 0. The first-order chi connectivity index (χ1) is 12.3. The van der Waals surface area contributed by atoms with Crippen molar-refractivity contribution in [2.75, 3.05) is 19.6 Å². The standard InChI is InChI=1S/C19H25N5O/c1-2-22-11-9-18(10-12-22)24(17-7-8-17)19(25)15-3-5-16(6-4-15)23-14-20-13-21-23/h3-6,13-14,17-18H,2,7-12H2,1H3. The third-order valence-electron chi connectivity index (χ3n) is 5.37. The molecule has 0 bridgehead atoms. The summed E-state index contributed by atoms with van der Waals surface area (Å²) in [4.78, 5) is 21.8. The maximum Gasteiger partial charge on any atom is 0.254 e. The number of aromatic nitrogens is 3. The molecule has 0 spiro atoms. The molecule has 0 radical (unpaired) electrons. The zero-order valence-corrected chi connectivity index (χ0v) is 14.7. The quantitative estimate of drug-likeness (QED) is 0.839. The number of hydrogen-bond acceptors (Lipinski definition) is 4. The number of carbonyl (C=O) groups excluding carboxylic acids is 1. The highest BCUT2D eigenvalue weighted by Gasteiger charge is 2.38. The van der Waals surface area contributed by atoms with Crippen LogP contribution in [0.5, 0.6) is 0 Å². The Morgan fingerprint density at radius 3 is 2.36 bits per heavy atom. The van der Waals surface area contributed by atoms with Crippen molar-refractivity contribution in [3.05, 3.63) is 42.5 Å². The molecule has 1 amide bonds. The zero-order valence-electron chi connectivity index (χ0n) is 14.7. The molecule has 1 aliphatic heterocycles. The molecular formula is C19H25N5O. The molecule has 1 aliphatic carbocycles. The first-order valence-electron chi connectivity index (χ1n) is 9.26. The van der Waals surface area contributed by atoms with Gasteiger partial charge < -0.3 is 9.80 Å². The number of rotatable bonds is 5. The van der Waals surface area contributed by atoms with Gasteiger partial charge in [0.25, 0.3) is 5.91 Å². The summed E-state index contributed by atoms with van der Waals surface area (Å²) in [7, 11) is 0. The molecule has 0 unspecified atom stereocenters. The minimum atomic E-state index is 0.183. The highest BCUT2D eigenvalue weighted by atomic mass is 16.2. The molecule has 6 nitrogen and oxygen atoms in total. The Labute approximate surface area is 148 Å². The summed E-state index contributed by atoms with van der Waals surface area (Å²) in [6.07, 6.45) is 7.65. The average Bonchev–Trinajstić information content (AvgIpc) is 3.34. The van der Waals surface area contributed by atoms with Crippen LogP contribution in [-0.2, 0) is 0 Å². The van der Waals surface area contributed by atoms with Crippen molar-refractivity contribution < 1.29 is 4.79 Å². The molecule has 2 aliphatic rings. The lowest BCUT2D eigenvalue weighted by molar-refractivity contribution is 0.0554. The van der Waals surface area contributed by atoms with Crippen molar-refractivity contribution in [3.8, 4) is 5.69 Å². The molecule has 2 aromatic rings. The predicted molar refractivity (Wildman–Crippen MR) is 95.7 cm³/mol. The van der Waals surface area contributed by atoms with E-state index in [1.807, 2.05) is 24.3 Å². The molecule has 1 saturated carbocycles. The highest BCUT2D eigenvalue weighted by molar-refractivity contribution is 5.95. The minimum absolute atomic E-state index is 0.183. The molecule has 2 fully saturated rings. The first-order valence-corrected chi connectivity index (χ1v) is 9.26. The van der Waals surface area contributed by atoms with Gasteiger partial charge in [0.05, 0.1) is 5.69 Å². The van der Waals surface area contributed by atoms with Crippen LogP contribution in [0.3, 0.4) is 0 Å². The molecule has 2 heterocycles. The summed E-state index contributed by atoms with van der Waals surface area (Å²) in [5.41, 5.74) is 1.69. The van der Waals surface area contributed by atoms with Crippen molar-refractivity contribution in [1.29, 1.82) is 0 Å². The van der Waals surface area contributed by atoms with Gasteiger partial charge in [-0.15, -0.1) is 0 Å². The number of amides is 1. The molecule has 4 rings (SSSR count). The third-order valence-corrected chi connectivity index (χ3v) is 5.37. The molecule has 6 heteroatoms. The Hall–Kier alpha value is -2.21. The van der Waals surface area contributed by atoms with Crippen LogP contribution in [0.4, 0.5) is 0 Å². The van der Waals surface area contributed by atoms with Crippen LogP contribution < -0.4 is 0 Å². The Balaban J connectivity index is 1.49. The first kappa shape index (κ1) is 16.3. The summed E-state index contributed by atoms with van der Waals surface area (Å²) >= 11 is 0. The van der Waals surface area contributed by atoms with E-state index in [2.05, 4.69) is 26.8 Å².